The van der Waals surface area contributed by atoms with Gasteiger partial charge in [0.25, 0.3) is 5.56 Å². The van der Waals surface area contributed by atoms with Crippen molar-refractivity contribution in [2.24, 2.45) is 0 Å². The van der Waals surface area contributed by atoms with Crippen molar-refractivity contribution in [3.63, 3.8) is 0 Å². The van der Waals surface area contributed by atoms with E-state index in [2.05, 4.69) is 10.3 Å². The van der Waals surface area contributed by atoms with Crippen molar-refractivity contribution in [3.05, 3.63) is 81.4 Å². The Kier molecular flexibility index (Phi) is 4.44. The molecule has 1 amide bonds. The van der Waals surface area contributed by atoms with E-state index in [1.165, 1.54) is 24.3 Å². The lowest BCUT2D eigenvalue weighted by Gasteiger charge is -2.03. The molecule has 24 heavy (non-hydrogen) atoms. The largest absolute Gasteiger partial charge is 0.322 e. The molecule has 3 aromatic rings. The molecule has 6 heteroatoms. The van der Waals surface area contributed by atoms with E-state index in [4.69, 9.17) is 11.6 Å². The van der Waals surface area contributed by atoms with Crippen LogP contribution < -0.4 is 10.9 Å². The molecule has 0 spiro atoms. The summed E-state index contributed by atoms with van der Waals surface area (Å²) in [5, 5.41) is 3.33. The highest BCUT2D eigenvalue weighted by Gasteiger charge is 2.04. The van der Waals surface area contributed by atoms with E-state index in [1.54, 1.807) is 12.1 Å². The van der Waals surface area contributed by atoms with Crippen LogP contribution in [0.15, 0.2) is 59.4 Å². The highest BCUT2D eigenvalue weighted by atomic mass is 35.5. The molecule has 0 aliphatic rings. The van der Waals surface area contributed by atoms with Crippen molar-refractivity contribution in [2.45, 2.75) is 0 Å². The summed E-state index contributed by atoms with van der Waals surface area (Å²) >= 11 is 5.66. The third kappa shape index (κ3) is 3.52. The first kappa shape index (κ1) is 16.0. The summed E-state index contributed by atoms with van der Waals surface area (Å²) in [6.45, 7) is 0. The Balaban J connectivity index is 1.79. The van der Waals surface area contributed by atoms with Crippen LogP contribution in [0.1, 0.15) is 5.56 Å². The van der Waals surface area contributed by atoms with Crippen molar-refractivity contribution in [1.29, 1.82) is 0 Å². The number of hydrogen-bond donors (Lipinski definition) is 2. The van der Waals surface area contributed by atoms with Crippen LogP contribution in [0.4, 0.5) is 10.1 Å². The first-order valence-corrected chi connectivity index (χ1v) is 7.47. The third-order valence-electron chi connectivity index (χ3n) is 3.38. The van der Waals surface area contributed by atoms with Crippen LogP contribution >= 0.6 is 11.6 Å². The fraction of sp³-hybridized carbons (Fsp3) is 0. The Morgan fingerprint density at radius 1 is 1.17 bits per heavy atom. The lowest BCUT2D eigenvalue weighted by Crippen LogP contribution is -2.11. The zero-order valence-corrected chi connectivity index (χ0v) is 13.1. The number of carbonyl (C=O) groups excluding carboxylic acids is 1. The van der Waals surface area contributed by atoms with Crippen LogP contribution in [0.5, 0.6) is 0 Å². The molecule has 0 unspecified atom stereocenters. The summed E-state index contributed by atoms with van der Waals surface area (Å²) in [6, 6.07) is 12.9. The predicted molar refractivity (Wildman–Crippen MR) is 93.6 cm³/mol. The number of aromatic nitrogens is 1. The maximum atomic E-state index is 13.1. The monoisotopic (exact) mass is 342 g/mol. The number of para-hydroxylation sites is 1. The molecule has 2 N–H and O–H groups in total. The van der Waals surface area contributed by atoms with E-state index in [1.807, 2.05) is 18.2 Å². The van der Waals surface area contributed by atoms with Crippen LogP contribution in [0.3, 0.4) is 0 Å². The summed E-state index contributed by atoms with van der Waals surface area (Å²) in [5.41, 5.74) is 1.16. The maximum absolute atomic E-state index is 13.1. The number of fused-ring (bicyclic) bond motifs is 1. The number of nitrogens with one attached hydrogen (secondary N) is 2. The highest BCUT2D eigenvalue weighted by Crippen LogP contribution is 2.19. The van der Waals surface area contributed by atoms with Crippen LogP contribution in [0.25, 0.3) is 17.0 Å². The second-order valence-corrected chi connectivity index (χ2v) is 5.50. The van der Waals surface area contributed by atoms with Gasteiger partial charge in [0.15, 0.2) is 0 Å². The minimum Gasteiger partial charge on any atom is -0.322 e. The Morgan fingerprint density at radius 2 is 1.96 bits per heavy atom. The minimum atomic E-state index is -0.562. The van der Waals surface area contributed by atoms with E-state index in [-0.39, 0.29) is 10.6 Å². The van der Waals surface area contributed by atoms with Crippen molar-refractivity contribution in [1.82, 2.24) is 4.98 Å². The summed E-state index contributed by atoms with van der Waals surface area (Å²) in [6.07, 6.45) is 2.66. The number of benzene rings is 2. The topological polar surface area (TPSA) is 62.0 Å². The molecule has 120 valence electrons. The number of amides is 1. The number of H-pyrrole nitrogens is 1. The van der Waals surface area contributed by atoms with E-state index < -0.39 is 11.7 Å². The number of pyridine rings is 1. The Hall–Kier alpha value is -2.92. The Labute approximate surface area is 141 Å². The molecule has 1 aromatic heterocycles. The first-order chi connectivity index (χ1) is 11.5. The van der Waals surface area contributed by atoms with Gasteiger partial charge in [0.2, 0.25) is 5.91 Å². The van der Waals surface area contributed by atoms with Crippen LogP contribution in [0.2, 0.25) is 5.02 Å². The maximum Gasteiger partial charge on any atom is 0.255 e. The molecular formula is C18H12ClFN2O2. The number of aromatic amines is 1. The fourth-order valence-corrected chi connectivity index (χ4v) is 2.39. The van der Waals surface area contributed by atoms with Gasteiger partial charge in [-0.25, -0.2) is 4.39 Å². The smallest absolute Gasteiger partial charge is 0.255 e. The summed E-state index contributed by atoms with van der Waals surface area (Å²) < 4.78 is 13.1. The number of halogens is 2. The van der Waals surface area contributed by atoms with Crippen molar-refractivity contribution < 1.29 is 9.18 Å². The van der Waals surface area contributed by atoms with E-state index in [0.29, 0.717) is 11.3 Å². The van der Waals surface area contributed by atoms with Gasteiger partial charge >= 0.3 is 0 Å². The number of anilines is 1. The van der Waals surface area contributed by atoms with Gasteiger partial charge in [-0.05, 0) is 41.8 Å². The number of hydrogen-bond acceptors (Lipinski definition) is 2. The zero-order valence-electron chi connectivity index (χ0n) is 12.3. The average molecular weight is 343 g/mol. The summed E-state index contributed by atoms with van der Waals surface area (Å²) in [7, 11) is 0. The molecule has 1 heterocycles. The van der Waals surface area contributed by atoms with Crippen molar-refractivity contribution in [3.8, 4) is 0 Å². The second-order valence-electron chi connectivity index (χ2n) is 5.09. The lowest BCUT2D eigenvalue weighted by atomic mass is 10.1. The average Bonchev–Trinajstić information content (AvgIpc) is 2.56. The normalized spacial score (nSPS) is 11.1. The molecular weight excluding hydrogens is 331 g/mol. The predicted octanol–water partition coefficient (Wildman–Crippen LogP) is 3.97. The molecule has 0 fully saturated rings. The molecule has 0 saturated carbocycles. The van der Waals surface area contributed by atoms with Crippen molar-refractivity contribution >= 4 is 40.2 Å². The second kappa shape index (κ2) is 6.68. The van der Waals surface area contributed by atoms with Gasteiger partial charge in [0, 0.05) is 22.8 Å². The van der Waals surface area contributed by atoms with E-state index in [9.17, 15) is 14.0 Å². The van der Waals surface area contributed by atoms with Gasteiger partial charge in [0.05, 0.1) is 5.02 Å². The molecule has 0 bridgehead atoms. The molecule has 0 aliphatic heterocycles. The van der Waals surface area contributed by atoms with Gasteiger partial charge in [-0.3, -0.25) is 9.59 Å². The third-order valence-corrected chi connectivity index (χ3v) is 3.67. The van der Waals surface area contributed by atoms with Gasteiger partial charge in [-0.2, -0.15) is 0 Å². The molecule has 4 nitrogen and oxygen atoms in total. The zero-order chi connectivity index (χ0) is 17.1. The molecule has 0 atom stereocenters. The van der Waals surface area contributed by atoms with Gasteiger partial charge in [-0.1, -0.05) is 29.8 Å². The Bertz CT molecular complexity index is 1010. The number of rotatable bonds is 3. The van der Waals surface area contributed by atoms with Gasteiger partial charge in [0.1, 0.15) is 5.82 Å². The lowest BCUT2D eigenvalue weighted by molar-refractivity contribution is -0.111. The summed E-state index contributed by atoms with van der Waals surface area (Å²) in [5.74, 6) is -1.02. The SMILES string of the molecule is O=C(/C=C/c1cc2ccccc2[nH]c1=O)Nc1ccc(F)c(Cl)c1. The van der Waals surface area contributed by atoms with E-state index in [0.717, 1.165) is 17.0 Å². The Morgan fingerprint density at radius 3 is 2.75 bits per heavy atom. The van der Waals surface area contributed by atoms with Crippen molar-refractivity contribution in [2.75, 3.05) is 5.32 Å². The first-order valence-electron chi connectivity index (χ1n) is 7.09. The van der Waals surface area contributed by atoms with E-state index >= 15 is 0 Å². The molecule has 0 radical (unpaired) electrons. The quantitative estimate of drug-likeness (QED) is 0.707. The standard InChI is InChI=1S/C18H12ClFN2O2/c19-14-10-13(6-7-15(14)20)21-17(23)8-5-12-9-11-3-1-2-4-16(11)22-18(12)24/h1-10H,(H,21,23)(H,22,24)/b8-5+. The minimum absolute atomic E-state index is 0.0808. The molecule has 2 aromatic carbocycles. The molecule has 3 rings (SSSR count). The van der Waals surface area contributed by atoms with Gasteiger partial charge in [-0.15, -0.1) is 0 Å². The van der Waals surface area contributed by atoms with Crippen LogP contribution in [-0.2, 0) is 4.79 Å². The molecule has 0 aliphatic carbocycles. The van der Waals surface area contributed by atoms with Crippen LogP contribution in [0, 0.1) is 5.82 Å². The summed E-state index contributed by atoms with van der Waals surface area (Å²) in [4.78, 5) is 26.6. The highest BCUT2D eigenvalue weighted by molar-refractivity contribution is 6.31. The number of carbonyl (C=O) groups is 1. The van der Waals surface area contributed by atoms with Crippen LogP contribution in [-0.4, -0.2) is 10.9 Å². The molecule has 0 saturated heterocycles. The van der Waals surface area contributed by atoms with Gasteiger partial charge < -0.3 is 10.3 Å². The fourth-order valence-electron chi connectivity index (χ4n) is 2.21.